The van der Waals surface area contributed by atoms with Gasteiger partial charge in [0.15, 0.2) is 0 Å². The molecule has 9 nitrogen and oxygen atoms in total. The van der Waals surface area contributed by atoms with Gasteiger partial charge in [-0.3, -0.25) is 4.79 Å². The van der Waals surface area contributed by atoms with E-state index < -0.39 is 17.7 Å². The summed E-state index contributed by atoms with van der Waals surface area (Å²) >= 11 is 1.18. The highest BCUT2D eigenvalue weighted by atomic mass is 32.2. The first kappa shape index (κ1) is 24.6. The number of alkyl carbamates (subject to hydrolysis) is 1. The lowest BCUT2D eigenvalue weighted by Gasteiger charge is -2.22. The second-order valence-electron chi connectivity index (χ2n) is 8.52. The van der Waals surface area contributed by atoms with Crippen molar-refractivity contribution < 1.29 is 18.7 Å². The van der Waals surface area contributed by atoms with Crippen LogP contribution in [0.1, 0.15) is 52.1 Å². The molecule has 0 aliphatic carbocycles. The van der Waals surface area contributed by atoms with Gasteiger partial charge >= 0.3 is 6.09 Å². The van der Waals surface area contributed by atoms with Crippen LogP contribution in [-0.2, 0) is 16.0 Å². The van der Waals surface area contributed by atoms with Gasteiger partial charge in [-0.05, 0) is 46.2 Å². The molecule has 0 saturated carbocycles. The van der Waals surface area contributed by atoms with Crippen LogP contribution in [0.25, 0.3) is 10.9 Å². The van der Waals surface area contributed by atoms with E-state index in [1.54, 1.807) is 25.7 Å². The first-order valence-electron chi connectivity index (χ1n) is 11.0. The number of fused-ring (bicyclic) bond motifs is 1. The molecule has 3 rings (SSSR count). The smallest absolute Gasteiger partial charge is 0.408 e. The maximum absolute atomic E-state index is 12.5. The Bertz CT molecular complexity index is 1080. The fourth-order valence-electron chi connectivity index (χ4n) is 3.38. The van der Waals surface area contributed by atoms with Crippen LogP contribution < -0.4 is 5.32 Å². The third kappa shape index (κ3) is 6.74. The summed E-state index contributed by atoms with van der Waals surface area (Å²) in [5, 5.41) is 12.4. The fourth-order valence-corrected chi connectivity index (χ4v) is 4.05. The molecule has 2 N–H and O–H groups in total. The number of thioether (sulfide) groups is 1. The maximum Gasteiger partial charge on any atom is 0.408 e. The Balaban J connectivity index is 1.77. The predicted molar refractivity (Wildman–Crippen MR) is 127 cm³/mol. The number of benzene rings is 1. The number of rotatable bonds is 9. The Kier molecular flexibility index (Phi) is 8.01. The molecule has 2 aromatic heterocycles. The lowest BCUT2D eigenvalue weighted by Crippen LogP contribution is -2.36. The molecule has 0 fully saturated rings. The van der Waals surface area contributed by atoms with E-state index in [1.165, 1.54) is 11.8 Å². The number of ether oxygens (including phenoxy) is 1. The van der Waals surface area contributed by atoms with Gasteiger partial charge in [0.1, 0.15) is 11.6 Å². The van der Waals surface area contributed by atoms with E-state index in [9.17, 15) is 9.59 Å². The Morgan fingerprint density at radius 1 is 1.21 bits per heavy atom. The highest BCUT2D eigenvalue weighted by molar-refractivity contribution is 7.99. The van der Waals surface area contributed by atoms with Crippen molar-refractivity contribution in [3.63, 3.8) is 0 Å². The van der Waals surface area contributed by atoms with Gasteiger partial charge in [-0.15, -0.1) is 10.2 Å². The molecule has 33 heavy (non-hydrogen) atoms. The summed E-state index contributed by atoms with van der Waals surface area (Å²) in [6, 6.07) is 7.33. The Morgan fingerprint density at radius 3 is 2.64 bits per heavy atom. The minimum atomic E-state index is -0.643. The van der Waals surface area contributed by atoms with Crippen LogP contribution in [0.2, 0.25) is 0 Å². The quantitative estimate of drug-likeness (QED) is 0.445. The van der Waals surface area contributed by atoms with Crippen LogP contribution in [0.4, 0.5) is 4.79 Å². The van der Waals surface area contributed by atoms with Crippen molar-refractivity contribution in [1.29, 1.82) is 0 Å². The average Bonchev–Trinajstić information content (AvgIpc) is 3.39. The van der Waals surface area contributed by atoms with Gasteiger partial charge in [-0.2, -0.15) is 0 Å². The number of amides is 2. The minimum absolute atomic E-state index is 0.00646. The van der Waals surface area contributed by atoms with E-state index in [-0.39, 0.29) is 22.8 Å². The van der Waals surface area contributed by atoms with Crippen LogP contribution in [-0.4, -0.2) is 56.5 Å². The third-order valence-corrected chi connectivity index (χ3v) is 5.75. The van der Waals surface area contributed by atoms with Crippen molar-refractivity contribution in [2.24, 2.45) is 0 Å². The van der Waals surface area contributed by atoms with Crippen molar-refractivity contribution >= 4 is 34.7 Å². The van der Waals surface area contributed by atoms with Gasteiger partial charge in [0, 0.05) is 36.6 Å². The number of carbonyl (C=O) groups excluding carboxylic acids is 2. The molecule has 0 saturated heterocycles. The number of aromatic amines is 1. The summed E-state index contributed by atoms with van der Waals surface area (Å²) in [4.78, 5) is 29.8. The van der Waals surface area contributed by atoms with Crippen LogP contribution in [0.3, 0.4) is 0 Å². The number of carbonyl (C=O) groups is 2. The second kappa shape index (κ2) is 10.7. The first-order chi connectivity index (χ1) is 15.7. The number of hydrogen-bond acceptors (Lipinski definition) is 7. The van der Waals surface area contributed by atoms with E-state index in [1.807, 2.05) is 44.3 Å². The molecule has 2 heterocycles. The molecular weight excluding hydrogens is 442 g/mol. The van der Waals surface area contributed by atoms with E-state index in [0.717, 1.165) is 16.5 Å². The highest BCUT2D eigenvalue weighted by Gasteiger charge is 2.26. The van der Waals surface area contributed by atoms with Gasteiger partial charge in [0.05, 0.1) is 5.75 Å². The van der Waals surface area contributed by atoms with Crippen molar-refractivity contribution in [2.45, 2.75) is 57.9 Å². The molecule has 0 unspecified atom stereocenters. The molecular formula is C23H31N5O4S. The molecule has 1 aromatic carbocycles. The van der Waals surface area contributed by atoms with E-state index in [0.29, 0.717) is 19.5 Å². The second-order valence-corrected chi connectivity index (χ2v) is 9.45. The molecule has 2 amide bonds. The number of para-hydroxylation sites is 1. The van der Waals surface area contributed by atoms with E-state index in [4.69, 9.17) is 9.15 Å². The highest BCUT2D eigenvalue weighted by Crippen LogP contribution is 2.26. The molecule has 10 heteroatoms. The number of nitrogens with zero attached hydrogens (tertiary/aromatic N) is 3. The maximum atomic E-state index is 12.5. The molecule has 0 spiro atoms. The van der Waals surface area contributed by atoms with Crippen LogP contribution in [0.5, 0.6) is 0 Å². The third-order valence-electron chi connectivity index (χ3n) is 4.95. The topological polar surface area (TPSA) is 113 Å². The molecule has 1 atom stereocenters. The zero-order chi connectivity index (χ0) is 24.0. The van der Waals surface area contributed by atoms with Gasteiger partial charge in [-0.1, -0.05) is 30.0 Å². The van der Waals surface area contributed by atoms with Crippen molar-refractivity contribution in [1.82, 2.24) is 25.4 Å². The lowest BCUT2D eigenvalue weighted by atomic mass is 10.1. The molecule has 0 bridgehead atoms. The summed E-state index contributed by atoms with van der Waals surface area (Å²) in [7, 11) is 0. The first-order valence-corrected chi connectivity index (χ1v) is 12.0. The lowest BCUT2D eigenvalue weighted by molar-refractivity contribution is -0.127. The standard InChI is InChI=1S/C23H31N5O4S/c1-6-28(7-2)19(29)14-33-22-27-26-20(31-22)18(25-21(30)32-23(3,4)5)12-15-13-24-17-11-9-8-10-16(15)17/h8-11,13,18,24H,6-7,12,14H2,1-5H3,(H,25,30)/t18-/m0/s1. The fraction of sp³-hybridized carbons (Fsp3) is 0.478. The summed E-state index contributed by atoms with van der Waals surface area (Å²) in [6.07, 6.45) is 1.76. The normalized spacial score (nSPS) is 12.5. The monoisotopic (exact) mass is 473 g/mol. The predicted octanol–water partition coefficient (Wildman–Crippen LogP) is 4.32. The van der Waals surface area contributed by atoms with Gasteiger partial charge in [0.25, 0.3) is 5.22 Å². The largest absolute Gasteiger partial charge is 0.444 e. The SMILES string of the molecule is CCN(CC)C(=O)CSc1nnc([C@H](Cc2c[nH]c3ccccc23)NC(=O)OC(C)(C)C)o1. The van der Waals surface area contributed by atoms with Crippen LogP contribution in [0, 0.1) is 0 Å². The van der Waals surface area contributed by atoms with Crippen molar-refractivity contribution in [3.05, 3.63) is 41.9 Å². The molecule has 3 aromatic rings. The summed E-state index contributed by atoms with van der Waals surface area (Å²) in [5.74, 6) is 0.464. The van der Waals surface area contributed by atoms with Gasteiger partial charge in [0.2, 0.25) is 11.8 Å². The molecule has 0 aliphatic rings. The number of H-pyrrole nitrogens is 1. The number of aromatic nitrogens is 3. The Hall–Kier alpha value is -3.01. The van der Waals surface area contributed by atoms with Gasteiger partial charge in [-0.25, -0.2) is 4.79 Å². The van der Waals surface area contributed by atoms with E-state index in [2.05, 4.69) is 20.5 Å². The van der Waals surface area contributed by atoms with Crippen molar-refractivity contribution in [2.75, 3.05) is 18.8 Å². The average molecular weight is 474 g/mol. The number of nitrogens with one attached hydrogen (secondary N) is 2. The molecule has 0 aliphatic heterocycles. The molecule has 0 radical (unpaired) electrons. The molecule has 178 valence electrons. The zero-order valence-electron chi connectivity index (χ0n) is 19.7. The van der Waals surface area contributed by atoms with Crippen LogP contribution >= 0.6 is 11.8 Å². The summed E-state index contributed by atoms with van der Waals surface area (Å²) in [5.41, 5.74) is 1.35. The summed E-state index contributed by atoms with van der Waals surface area (Å²) < 4.78 is 11.3. The van der Waals surface area contributed by atoms with Crippen LogP contribution in [0.15, 0.2) is 40.1 Å². The summed E-state index contributed by atoms with van der Waals surface area (Å²) in [6.45, 7) is 10.6. The zero-order valence-corrected chi connectivity index (χ0v) is 20.5. The Labute approximate surface area is 197 Å². The Morgan fingerprint density at radius 2 is 1.94 bits per heavy atom. The number of hydrogen-bond donors (Lipinski definition) is 2. The van der Waals surface area contributed by atoms with E-state index >= 15 is 0 Å². The van der Waals surface area contributed by atoms with Crippen molar-refractivity contribution in [3.8, 4) is 0 Å². The van der Waals surface area contributed by atoms with Gasteiger partial charge < -0.3 is 24.4 Å². The minimum Gasteiger partial charge on any atom is -0.444 e.